The van der Waals surface area contributed by atoms with E-state index in [1.165, 1.54) is 0 Å². The van der Waals surface area contributed by atoms with Crippen LogP contribution >= 0.6 is 0 Å². The summed E-state index contributed by atoms with van der Waals surface area (Å²) in [6, 6.07) is 4.90. The second-order valence-electron chi connectivity index (χ2n) is 3.26. The lowest BCUT2D eigenvalue weighted by molar-refractivity contribution is 0.0698. The minimum Gasteiger partial charge on any atom is -0.478 e. The molecule has 0 unspecified atom stereocenters. The van der Waals surface area contributed by atoms with Crippen LogP contribution in [0.5, 0.6) is 0 Å². The van der Waals surface area contributed by atoms with Crippen molar-refractivity contribution in [1.29, 1.82) is 0 Å². The van der Waals surface area contributed by atoms with Gasteiger partial charge in [-0.05, 0) is 23.6 Å². The Morgan fingerprint density at radius 1 is 1.59 bits per heavy atom. The SMILES string of the molecule is [N-]=[N+]=NCCC=Cc1cccc(N)c1C(=O)O. The number of carbonyl (C=O) groups is 1. The maximum Gasteiger partial charge on any atom is 0.338 e. The van der Waals surface area contributed by atoms with Crippen LogP contribution in [0, 0.1) is 0 Å². The number of carboxylic acids is 1. The molecule has 88 valence electrons. The molecule has 0 aliphatic carbocycles. The van der Waals surface area contributed by atoms with Gasteiger partial charge in [0.25, 0.3) is 0 Å². The maximum atomic E-state index is 11.0. The lowest BCUT2D eigenvalue weighted by Crippen LogP contribution is -2.04. The van der Waals surface area contributed by atoms with Crippen molar-refractivity contribution in [3.8, 4) is 0 Å². The Labute approximate surface area is 98.0 Å². The van der Waals surface area contributed by atoms with Crippen LogP contribution in [-0.4, -0.2) is 17.6 Å². The molecule has 0 aromatic heterocycles. The van der Waals surface area contributed by atoms with E-state index in [0.29, 0.717) is 18.5 Å². The predicted octanol–water partition coefficient (Wildman–Crippen LogP) is 2.68. The number of carboxylic acid groups (broad SMARTS) is 1. The zero-order valence-electron chi connectivity index (χ0n) is 9.08. The number of hydrogen-bond donors (Lipinski definition) is 2. The largest absolute Gasteiger partial charge is 0.478 e. The molecule has 1 rings (SSSR count). The molecule has 6 nitrogen and oxygen atoms in total. The van der Waals surface area contributed by atoms with Crippen LogP contribution in [0.3, 0.4) is 0 Å². The highest BCUT2D eigenvalue weighted by atomic mass is 16.4. The number of azide groups is 1. The van der Waals surface area contributed by atoms with Crippen LogP contribution in [0.25, 0.3) is 16.5 Å². The van der Waals surface area contributed by atoms with Gasteiger partial charge in [0.2, 0.25) is 0 Å². The summed E-state index contributed by atoms with van der Waals surface area (Å²) in [6.45, 7) is 0.345. The highest BCUT2D eigenvalue weighted by Crippen LogP contribution is 2.18. The summed E-state index contributed by atoms with van der Waals surface area (Å²) in [7, 11) is 0. The summed E-state index contributed by atoms with van der Waals surface area (Å²) < 4.78 is 0. The smallest absolute Gasteiger partial charge is 0.338 e. The van der Waals surface area contributed by atoms with Crippen LogP contribution in [0.1, 0.15) is 22.3 Å². The van der Waals surface area contributed by atoms with Gasteiger partial charge in [0, 0.05) is 17.1 Å². The Morgan fingerprint density at radius 3 is 3.00 bits per heavy atom. The fourth-order valence-electron chi connectivity index (χ4n) is 1.36. The van der Waals surface area contributed by atoms with Crippen molar-refractivity contribution in [1.82, 2.24) is 0 Å². The number of benzene rings is 1. The van der Waals surface area contributed by atoms with Crippen LogP contribution in [0.15, 0.2) is 29.4 Å². The van der Waals surface area contributed by atoms with E-state index in [4.69, 9.17) is 16.4 Å². The topological polar surface area (TPSA) is 112 Å². The summed E-state index contributed by atoms with van der Waals surface area (Å²) in [4.78, 5) is 13.6. The number of anilines is 1. The van der Waals surface area contributed by atoms with Crippen LogP contribution in [0.2, 0.25) is 0 Å². The summed E-state index contributed by atoms with van der Waals surface area (Å²) in [5, 5.41) is 12.4. The molecule has 0 aliphatic heterocycles. The lowest BCUT2D eigenvalue weighted by Gasteiger charge is -2.04. The van der Waals surface area contributed by atoms with E-state index in [0.717, 1.165) is 0 Å². The van der Waals surface area contributed by atoms with E-state index >= 15 is 0 Å². The minimum absolute atomic E-state index is 0.0903. The summed E-state index contributed by atoms with van der Waals surface area (Å²) in [5.41, 5.74) is 14.5. The number of nitrogen functional groups attached to an aromatic ring is 1. The molecule has 0 fully saturated rings. The van der Waals surface area contributed by atoms with E-state index in [1.54, 1.807) is 30.4 Å². The Kier molecular flexibility index (Phi) is 4.59. The first kappa shape index (κ1) is 12.6. The van der Waals surface area contributed by atoms with Gasteiger partial charge >= 0.3 is 5.97 Å². The minimum atomic E-state index is -1.06. The Balaban J connectivity index is 2.87. The van der Waals surface area contributed by atoms with Crippen molar-refractivity contribution in [2.75, 3.05) is 12.3 Å². The van der Waals surface area contributed by atoms with Crippen LogP contribution in [-0.2, 0) is 0 Å². The average molecular weight is 232 g/mol. The molecule has 0 saturated heterocycles. The standard InChI is InChI=1S/C11H12N4O2/c12-9-6-3-5-8(10(9)11(16)17)4-1-2-7-14-15-13/h1,3-6H,2,7,12H2,(H,16,17). The highest BCUT2D eigenvalue weighted by molar-refractivity contribution is 5.97. The van der Waals surface area contributed by atoms with Crippen LogP contribution in [0.4, 0.5) is 5.69 Å². The molecule has 0 atom stereocenters. The fourth-order valence-corrected chi connectivity index (χ4v) is 1.36. The van der Waals surface area contributed by atoms with Gasteiger partial charge in [0.15, 0.2) is 0 Å². The van der Waals surface area contributed by atoms with E-state index in [1.807, 2.05) is 0 Å². The molecule has 0 amide bonds. The molecule has 0 aliphatic rings. The number of nitrogens with zero attached hydrogens (tertiary/aromatic N) is 3. The van der Waals surface area contributed by atoms with E-state index in [9.17, 15) is 4.79 Å². The molecule has 3 N–H and O–H groups in total. The highest BCUT2D eigenvalue weighted by Gasteiger charge is 2.10. The molecule has 17 heavy (non-hydrogen) atoms. The molecule has 1 aromatic rings. The number of aromatic carboxylic acids is 1. The van der Waals surface area contributed by atoms with Gasteiger partial charge in [0.05, 0.1) is 5.56 Å². The molecule has 0 saturated carbocycles. The Morgan fingerprint density at radius 2 is 2.35 bits per heavy atom. The molecular formula is C11H12N4O2. The van der Waals surface area contributed by atoms with Gasteiger partial charge in [-0.15, -0.1) is 0 Å². The van der Waals surface area contributed by atoms with Gasteiger partial charge in [0.1, 0.15) is 0 Å². The van der Waals surface area contributed by atoms with Gasteiger partial charge < -0.3 is 10.8 Å². The van der Waals surface area contributed by atoms with Gasteiger partial charge in [-0.25, -0.2) is 4.79 Å². The van der Waals surface area contributed by atoms with E-state index in [-0.39, 0.29) is 11.3 Å². The van der Waals surface area contributed by atoms with Crippen LogP contribution < -0.4 is 5.73 Å². The second kappa shape index (κ2) is 6.19. The number of nitrogens with two attached hydrogens (primary N) is 1. The monoisotopic (exact) mass is 232 g/mol. The van der Waals surface area contributed by atoms with Crippen molar-refractivity contribution in [2.45, 2.75) is 6.42 Å². The maximum absolute atomic E-state index is 11.0. The molecule has 0 bridgehead atoms. The van der Waals surface area contributed by atoms with Crippen molar-refractivity contribution >= 4 is 17.7 Å². The quantitative estimate of drug-likeness (QED) is 0.267. The third kappa shape index (κ3) is 3.55. The van der Waals surface area contributed by atoms with Gasteiger partial charge in [-0.2, -0.15) is 0 Å². The molecule has 0 radical (unpaired) electrons. The van der Waals surface area contributed by atoms with Gasteiger partial charge in [-0.3, -0.25) is 0 Å². The van der Waals surface area contributed by atoms with Crippen molar-refractivity contribution < 1.29 is 9.90 Å². The molecule has 0 heterocycles. The third-order valence-corrected chi connectivity index (χ3v) is 2.10. The zero-order chi connectivity index (χ0) is 12.7. The lowest BCUT2D eigenvalue weighted by atomic mass is 10.0. The first-order chi connectivity index (χ1) is 8.16. The first-order valence-electron chi connectivity index (χ1n) is 4.96. The van der Waals surface area contributed by atoms with Crippen molar-refractivity contribution in [3.05, 3.63) is 45.8 Å². The summed E-state index contributed by atoms with van der Waals surface area (Å²) in [5.74, 6) is -1.06. The summed E-state index contributed by atoms with van der Waals surface area (Å²) >= 11 is 0. The number of hydrogen-bond acceptors (Lipinski definition) is 3. The molecule has 1 aromatic carbocycles. The average Bonchev–Trinajstić information content (AvgIpc) is 2.28. The van der Waals surface area contributed by atoms with Crippen molar-refractivity contribution in [2.24, 2.45) is 5.11 Å². The number of rotatable bonds is 5. The second-order valence-corrected chi connectivity index (χ2v) is 3.26. The third-order valence-electron chi connectivity index (χ3n) is 2.10. The molecule has 6 heteroatoms. The normalized spacial score (nSPS) is 10.1. The summed E-state index contributed by atoms with van der Waals surface area (Å²) in [6.07, 6.45) is 3.96. The molecular weight excluding hydrogens is 220 g/mol. The Hall–Kier alpha value is -2.46. The van der Waals surface area contributed by atoms with Gasteiger partial charge in [-0.1, -0.05) is 29.4 Å². The van der Waals surface area contributed by atoms with E-state index in [2.05, 4.69) is 10.0 Å². The first-order valence-corrected chi connectivity index (χ1v) is 4.96. The predicted molar refractivity (Wildman–Crippen MR) is 65.5 cm³/mol. The van der Waals surface area contributed by atoms with E-state index < -0.39 is 5.97 Å². The Bertz CT molecular complexity index is 490. The fraction of sp³-hybridized carbons (Fsp3) is 0.182. The van der Waals surface area contributed by atoms with Crippen molar-refractivity contribution in [3.63, 3.8) is 0 Å². The zero-order valence-corrected chi connectivity index (χ0v) is 9.08. The molecule has 0 spiro atoms.